The van der Waals surface area contributed by atoms with Gasteiger partial charge in [-0.1, -0.05) is 36.4 Å². The fraction of sp³-hybridized carbons (Fsp3) is 0.235. The van der Waals surface area contributed by atoms with Gasteiger partial charge in [0.2, 0.25) is 5.89 Å². The van der Waals surface area contributed by atoms with E-state index in [-0.39, 0.29) is 0 Å². The molecule has 2 aromatic carbocycles. The van der Waals surface area contributed by atoms with Crippen molar-refractivity contribution >= 4 is 10.8 Å². The highest BCUT2D eigenvalue weighted by Crippen LogP contribution is 2.28. The second-order valence-corrected chi connectivity index (χ2v) is 5.33. The summed E-state index contributed by atoms with van der Waals surface area (Å²) in [5.41, 5.74) is 2.03. The van der Waals surface area contributed by atoms with E-state index in [1.54, 1.807) is 6.26 Å². The van der Waals surface area contributed by atoms with Crippen LogP contribution >= 0.6 is 0 Å². The van der Waals surface area contributed by atoms with Gasteiger partial charge in [-0.15, -0.1) is 0 Å². The van der Waals surface area contributed by atoms with Crippen LogP contribution in [0.15, 0.2) is 53.1 Å². The van der Waals surface area contributed by atoms with E-state index in [1.165, 1.54) is 23.6 Å². The van der Waals surface area contributed by atoms with Crippen molar-refractivity contribution in [1.29, 1.82) is 0 Å². The summed E-state index contributed by atoms with van der Waals surface area (Å²) < 4.78 is 5.66. The van der Waals surface area contributed by atoms with Crippen molar-refractivity contribution in [2.24, 2.45) is 0 Å². The summed E-state index contributed by atoms with van der Waals surface area (Å²) in [7, 11) is 0. The molecule has 20 heavy (non-hydrogen) atoms. The van der Waals surface area contributed by atoms with E-state index in [9.17, 15) is 0 Å². The molecule has 0 aliphatic heterocycles. The summed E-state index contributed by atoms with van der Waals surface area (Å²) in [5.74, 6) is 0.703. The van der Waals surface area contributed by atoms with Crippen molar-refractivity contribution < 1.29 is 4.42 Å². The van der Waals surface area contributed by atoms with Crippen LogP contribution in [0.25, 0.3) is 22.2 Å². The molecule has 0 radical (unpaired) electrons. The Balaban J connectivity index is 1.67. The van der Waals surface area contributed by atoms with Crippen LogP contribution in [0.5, 0.6) is 0 Å². The number of nitrogens with zero attached hydrogens (tertiary/aromatic N) is 1. The van der Waals surface area contributed by atoms with Gasteiger partial charge in [0, 0.05) is 18.2 Å². The quantitative estimate of drug-likeness (QED) is 0.780. The van der Waals surface area contributed by atoms with E-state index in [0.29, 0.717) is 11.9 Å². The molecule has 1 aliphatic carbocycles. The molecule has 0 saturated heterocycles. The number of fused-ring (bicyclic) bond motifs is 1. The Morgan fingerprint density at radius 3 is 2.85 bits per heavy atom. The van der Waals surface area contributed by atoms with Crippen LogP contribution in [0, 0.1) is 0 Å². The largest absolute Gasteiger partial charge is 0.444 e. The zero-order valence-electron chi connectivity index (χ0n) is 11.2. The molecule has 4 rings (SSSR count). The van der Waals surface area contributed by atoms with Gasteiger partial charge in [0.1, 0.15) is 6.26 Å². The molecule has 1 heterocycles. The standard InChI is InChI=1S/C17H16N2O/c1-2-6-15-12(4-1)5-3-7-16(15)17-19-14(11-20-17)10-18-13-8-9-13/h1-7,11,13,18H,8-10H2. The van der Waals surface area contributed by atoms with E-state index in [4.69, 9.17) is 4.42 Å². The van der Waals surface area contributed by atoms with Gasteiger partial charge in [-0.2, -0.15) is 0 Å². The molecule has 0 amide bonds. The number of oxazole rings is 1. The molecule has 100 valence electrons. The molecule has 3 nitrogen and oxygen atoms in total. The van der Waals surface area contributed by atoms with Crippen molar-refractivity contribution in [2.75, 3.05) is 0 Å². The number of hydrogen-bond acceptors (Lipinski definition) is 3. The molecule has 1 fully saturated rings. The average Bonchev–Trinajstić information content (AvgIpc) is 3.21. The minimum atomic E-state index is 0.688. The van der Waals surface area contributed by atoms with Crippen molar-refractivity contribution in [3.05, 3.63) is 54.4 Å². The number of nitrogens with one attached hydrogen (secondary N) is 1. The summed E-state index contributed by atoms with van der Waals surface area (Å²) >= 11 is 0. The van der Waals surface area contributed by atoms with Gasteiger partial charge in [0.05, 0.1) is 5.69 Å². The van der Waals surface area contributed by atoms with Crippen LogP contribution < -0.4 is 5.32 Å². The molecule has 1 aliphatic rings. The minimum absolute atomic E-state index is 0.688. The van der Waals surface area contributed by atoms with Crippen LogP contribution in [0.4, 0.5) is 0 Å². The molecule has 0 bridgehead atoms. The van der Waals surface area contributed by atoms with E-state index >= 15 is 0 Å². The lowest BCUT2D eigenvalue weighted by atomic mass is 10.0. The normalized spacial score (nSPS) is 14.8. The molecule has 1 aromatic heterocycles. The molecule has 1 saturated carbocycles. The third-order valence-corrected chi connectivity index (χ3v) is 3.72. The van der Waals surface area contributed by atoms with E-state index in [0.717, 1.165) is 17.8 Å². The summed E-state index contributed by atoms with van der Waals surface area (Å²) in [6.45, 7) is 0.791. The zero-order valence-corrected chi connectivity index (χ0v) is 11.2. The third-order valence-electron chi connectivity index (χ3n) is 3.72. The monoisotopic (exact) mass is 264 g/mol. The average molecular weight is 264 g/mol. The van der Waals surface area contributed by atoms with Crippen LogP contribution in [-0.2, 0) is 6.54 Å². The predicted molar refractivity (Wildman–Crippen MR) is 79.3 cm³/mol. The van der Waals surface area contributed by atoms with Gasteiger partial charge in [0.15, 0.2) is 0 Å². The lowest BCUT2D eigenvalue weighted by Gasteiger charge is -2.02. The second kappa shape index (κ2) is 4.76. The molecule has 3 heteroatoms. The van der Waals surface area contributed by atoms with Crippen molar-refractivity contribution in [3.8, 4) is 11.5 Å². The highest BCUT2D eigenvalue weighted by molar-refractivity contribution is 5.94. The minimum Gasteiger partial charge on any atom is -0.444 e. The first-order valence-electron chi connectivity index (χ1n) is 7.06. The fourth-order valence-electron chi connectivity index (χ4n) is 2.46. The fourth-order valence-corrected chi connectivity index (χ4v) is 2.46. The zero-order chi connectivity index (χ0) is 13.4. The summed E-state index contributed by atoms with van der Waals surface area (Å²) in [6, 6.07) is 15.2. The first-order valence-corrected chi connectivity index (χ1v) is 7.06. The van der Waals surface area contributed by atoms with Gasteiger partial charge in [-0.3, -0.25) is 0 Å². The first kappa shape index (κ1) is 11.7. The molecular weight excluding hydrogens is 248 g/mol. The molecule has 3 aromatic rings. The Morgan fingerprint density at radius 1 is 1.10 bits per heavy atom. The number of hydrogen-bond donors (Lipinski definition) is 1. The Labute approximate surface area is 117 Å². The summed E-state index contributed by atoms with van der Waals surface area (Å²) in [6.07, 6.45) is 4.33. The lowest BCUT2D eigenvalue weighted by Crippen LogP contribution is -2.15. The molecule has 1 N–H and O–H groups in total. The van der Waals surface area contributed by atoms with Crippen molar-refractivity contribution in [1.82, 2.24) is 10.3 Å². The summed E-state index contributed by atoms with van der Waals surface area (Å²) in [4.78, 5) is 4.60. The molecule has 0 atom stereocenters. The first-order chi connectivity index (χ1) is 9.90. The molecular formula is C17H16N2O. The number of rotatable bonds is 4. The van der Waals surface area contributed by atoms with Crippen LogP contribution in [0.3, 0.4) is 0 Å². The van der Waals surface area contributed by atoms with Gasteiger partial charge in [0.25, 0.3) is 0 Å². The molecule has 0 spiro atoms. The van der Waals surface area contributed by atoms with Crippen molar-refractivity contribution in [3.63, 3.8) is 0 Å². The van der Waals surface area contributed by atoms with Crippen LogP contribution in [0.2, 0.25) is 0 Å². The highest BCUT2D eigenvalue weighted by Gasteiger charge is 2.20. The maximum Gasteiger partial charge on any atom is 0.226 e. The SMILES string of the molecule is c1ccc2c(-c3nc(CNC4CC4)co3)cccc2c1. The smallest absolute Gasteiger partial charge is 0.226 e. The second-order valence-electron chi connectivity index (χ2n) is 5.33. The van der Waals surface area contributed by atoms with E-state index in [2.05, 4.69) is 34.6 Å². The van der Waals surface area contributed by atoms with Gasteiger partial charge in [-0.05, 0) is 29.7 Å². The highest BCUT2D eigenvalue weighted by atomic mass is 16.3. The third kappa shape index (κ3) is 2.21. The Bertz CT molecular complexity index is 738. The van der Waals surface area contributed by atoms with Gasteiger partial charge in [-0.25, -0.2) is 4.98 Å². The van der Waals surface area contributed by atoms with Crippen LogP contribution in [-0.4, -0.2) is 11.0 Å². The maximum absolute atomic E-state index is 5.66. The Kier molecular flexibility index (Phi) is 2.78. The van der Waals surface area contributed by atoms with Crippen molar-refractivity contribution in [2.45, 2.75) is 25.4 Å². The van der Waals surface area contributed by atoms with Gasteiger partial charge < -0.3 is 9.73 Å². The number of benzene rings is 2. The lowest BCUT2D eigenvalue weighted by molar-refractivity contribution is 0.570. The van der Waals surface area contributed by atoms with E-state index < -0.39 is 0 Å². The Morgan fingerprint density at radius 2 is 1.95 bits per heavy atom. The predicted octanol–water partition coefficient (Wildman–Crippen LogP) is 3.75. The summed E-state index contributed by atoms with van der Waals surface area (Å²) in [5, 5.41) is 5.84. The number of aromatic nitrogens is 1. The molecule has 0 unspecified atom stereocenters. The van der Waals surface area contributed by atoms with Crippen LogP contribution in [0.1, 0.15) is 18.5 Å². The maximum atomic E-state index is 5.66. The Hall–Kier alpha value is -2.13. The van der Waals surface area contributed by atoms with Gasteiger partial charge >= 0.3 is 0 Å². The topological polar surface area (TPSA) is 38.1 Å². The van der Waals surface area contributed by atoms with E-state index in [1.807, 2.05) is 18.2 Å².